The number of anilines is 1. The Morgan fingerprint density at radius 2 is 2.06 bits per heavy atom. The van der Waals surface area contributed by atoms with Gasteiger partial charge in [-0.3, -0.25) is 0 Å². The molecule has 0 unspecified atom stereocenters. The molecule has 1 aromatic heterocycles. The van der Waals surface area contributed by atoms with Crippen molar-refractivity contribution < 1.29 is 0 Å². The van der Waals surface area contributed by atoms with Crippen molar-refractivity contribution >= 4 is 17.4 Å². The number of nitrogens with zero attached hydrogens (tertiary/aromatic N) is 2. The maximum atomic E-state index is 5.84. The third-order valence-corrected chi connectivity index (χ3v) is 4.35. The van der Waals surface area contributed by atoms with E-state index in [2.05, 4.69) is 36.7 Å². The lowest BCUT2D eigenvalue weighted by Gasteiger charge is -2.35. The van der Waals surface area contributed by atoms with E-state index in [4.69, 9.17) is 11.6 Å². The zero-order chi connectivity index (χ0) is 13.1. The van der Waals surface area contributed by atoms with Gasteiger partial charge in [0.25, 0.3) is 0 Å². The SMILES string of the molecule is Cc1cc(CCl)cnc1N1CCC(C(C)C)CC1. The molecular formula is C15H23ClN2. The van der Waals surface area contributed by atoms with Crippen LogP contribution in [0.25, 0.3) is 0 Å². The predicted octanol–water partition coefficient (Wildman–Crippen LogP) is 4.00. The lowest BCUT2D eigenvalue weighted by Crippen LogP contribution is -2.36. The zero-order valence-electron chi connectivity index (χ0n) is 11.6. The van der Waals surface area contributed by atoms with Gasteiger partial charge in [0.15, 0.2) is 0 Å². The maximum absolute atomic E-state index is 5.84. The molecule has 0 bridgehead atoms. The van der Waals surface area contributed by atoms with Gasteiger partial charge in [0.05, 0.1) is 0 Å². The summed E-state index contributed by atoms with van der Waals surface area (Å²) in [7, 11) is 0. The zero-order valence-corrected chi connectivity index (χ0v) is 12.4. The van der Waals surface area contributed by atoms with Crippen LogP contribution in [0.4, 0.5) is 5.82 Å². The molecular weight excluding hydrogens is 244 g/mol. The van der Waals surface area contributed by atoms with Crippen molar-refractivity contribution in [2.24, 2.45) is 11.8 Å². The second-order valence-corrected chi connectivity index (χ2v) is 5.95. The summed E-state index contributed by atoms with van der Waals surface area (Å²) in [6.07, 6.45) is 4.48. The summed E-state index contributed by atoms with van der Waals surface area (Å²) in [4.78, 5) is 7.01. The summed E-state index contributed by atoms with van der Waals surface area (Å²) in [6.45, 7) is 9.07. The van der Waals surface area contributed by atoms with Crippen LogP contribution in [-0.4, -0.2) is 18.1 Å². The van der Waals surface area contributed by atoms with Gasteiger partial charge in [0.1, 0.15) is 5.82 Å². The van der Waals surface area contributed by atoms with Gasteiger partial charge in [0, 0.05) is 25.2 Å². The number of aromatic nitrogens is 1. The highest BCUT2D eigenvalue weighted by molar-refractivity contribution is 6.17. The monoisotopic (exact) mass is 266 g/mol. The van der Waals surface area contributed by atoms with E-state index in [9.17, 15) is 0 Å². The Morgan fingerprint density at radius 3 is 2.56 bits per heavy atom. The van der Waals surface area contributed by atoms with E-state index in [1.165, 1.54) is 18.4 Å². The van der Waals surface area contributed by atoms with Crippen molar-refractivity contribution in [3.63, 3.8) is 0 Å². The minimum absolute atomic E-state index is 0.545. The third kappa shape index (κ3) is 2.97. The van der Waals surface area contributed by atoms with Gasteiger partial charge in [-0.05, 0) is 48.8 Å². The molecule has 1 aromatic rings. The van der Waals surface area contributed by atoms with Crippen molar-refractivity contribution in [3.8, 4) is 0 Å². The van der Waals surface area contributed by atoms with Gasteiger partial charge in [0.2, 0.25) is 0 Å². The molecule has 1 aliphatic heterocycles. The molecule has 1 saturated heterocycles. The Labute approximate surface area is 115 Å². The van der Waals surface area contributed by atoms with E-state index in [1.807, 2.05) is 6.20 Å². The summed E-state index contributed by atoms with van der Waals surface area (Å²) >= 11 is 5.84. The first-order valence-corrected chi connectivity index (χ1v) is 7.41. The Bertz CT molecular complexity index is 395. The fourth-order valence-electron chi connectivity index (χ4n) is 2.81. The van der Waals surface area contributed by atoms with E-state index >= 15 is 0 Å². The second-order valence-electron chi connectivity index (χ2n) is 5.69. The molecule has 0 spiro atoms. The summed E-state index contributed by atoms with van der Waals surface area (Å²) in [5.74, 6) is 3.37. The molecule has 0 amide bonds. The Balaban J connectivity index is 2.05. The summed E-state index contributed by atoms with van der Waals surface area (Å²) in [5, 5.41) is 0. The number of pyridine rings is 1. The lowest BCUT2D eigenvalue weighted by molar-refractivity contribution is 0.310. The van der Waals surface area contributed by atoms with Crippen LogP contribution in [0.3, 0.4) is 0 Å². The van der Waals surface area contributed by atoms with Crippen LogP contribution in [0.1, 0.15) is 37.8 Å². The van der Waals surface area contributed by atoms with E-state index in [1.54, 1.807) is 0 Å². The van der Waals surface area contributed by atoms with Crippen LogP contribution in [0.2, 0.25) is 0 Å². The molecule has 2 heterocycles. The van der Waals surface area contributed by atoms with Crippen LogP contribution in [-0.2, 0) is 5.88 Å². The molecule has 0 saturated carbocycles. The lowest BCUT2D eigenvalue weighted by atomic mass is 9.86. The highest BCUT2D eigenvalue weighted by Crippen LogP contribution is 2.28. The highest BCUT2D eigenvalue weighted by Gasteiger charge is 2.23. The molecule has 0 aliphatic carbocycles. The van der Waals surface area contributed by atoms with Gasteiger partial charge < -0.3 is 4.90 Å². The fourth-order valence-corrected chi connectivity index (χ4v) is 2.95. The minimum Gasteiger partial charge on any atom is -0.356 e. The van der Waals surface area contributed by atoms with Crippen LogP contribution in [0, 0.1) is 18.8 Å². The second kappa shape index (κ2) is 5.92. The molecule has 0 aromatic carbocycles. The molecule has 100 valence electrons. The fraction of sp³-hybridized carbons (Fsp3) is 0.667. The van der Waals surface area contributed by atoms with E-state index < -0.39 is 0 Å². The number of hydrogen-bond donors (Lipinski definition) is 0. The van der Waals surface area contributed by atoms with E-state index in [-0.39, 0.29) is 0 Å². The van der Waals surface area contributed by atoms with Crippen LogP contribution in [0.5, 0.6) is 0 Å². The predicted molar refractivity (Wildman–Crippen MR) is 78.3 cm³/mol. The standard InChI is InChI=1S/C15H23ClN2/c1-11(2)14-4-6-18(7-5-14)15-12(3)8-13(9-16)10-17-15/h8,10-11,14H,4-7,9H2,1-3H3. The molecule has 0 N–H and O–H groups in total. The van der Waals surface area contributed by atoms with Gasteiger partial charge in [-0.15, -0.1) is 11.6 Å². The number of piperidine rings is 1. The first-order valence-electron chi connectivity index (χ1n) is 6.88. The number of aryl methyl sites for hydroxylation is 1. The number of halogens is 1. The van der Waals surface area contributed by atoms with E-state index in [0.29, 0.717) is 5.88 Å². The molecule has 2 rings (SSSR count). The van der Waals surface area contributed by atoms with Gasteiger partial charge in [-0.25, -0.2) is 4.98 Å². The number of hydrogen-bond acceptors (Lipinski definition) is 2. The topological polar surface area (TPSA) is 16.1 Å². The summed E-state index contributed by atoms with van der Waals surface area (Å²) in [6, 6.07) is 2.16. The highest BCUT2D eigenvalue weighted by atomic mass is 35.5. The van der Waals surface area contributed by atoms with Crippen molar-refractivity contribution in [1.29, 1.82) is 0 Å². The summed E-state index contributed by atoms with van der Waals surface area (Å²) < 4.78 is 0. The molecule has 18 heavy (non-hydrogen) atoms. The molecule has 1 fully saturated rings. The minimum atomic E-state index is 0.545. The first kappa shape index (κ1) is 13.7. The Kier molecular flexibility index (Phi) is 4.50. The van der Waals surface area contributed by atoms with Crippen molar-refractivity contribution in [2.45, 2.75) is 39.5 Å². The van der Waals surface area contributed by atoms with Crippen LogP contribution >= 0.6 is 11.6 Å². The van der Waals surface area contributed by atoms with Crippen LogP contribution < -0.4 is 4.90 Å². The largest absolute Gasteiger partial charge is 0.356 e. The molecule has 0 radical (unpaired) electrons. The van der Waals surface area contributed by atoms with Gasteiger partial charge in [-0.1, -0.05) is 13.8 Å². The Morgan fingerprint density at radius 1 is 1.39 bits per heavy atom. The first-order chi connectivity index (χ1) is 8.61. The normalized spacial score (nSPS) is 17.5. The molecule has 3 heteroatoms. The summed E-state index contributed by atoms with van der Waals surface area (Å²) in [5.41, 5.74) is 2.35. The third-order valence-electron chi connectivity index (χ3n) is 4.04. The molecule has 2 nitrogen and oxygen atoms in total. The Hall–Kier alpha value is -0.760. The average molecular weight is 267 g/mol. The smallest absolute Gasteiger partial charge is 0.131 e. The van der Waals surface area contributed by atoms with Gasteiger partial charge >= 0.3 is 0 Å². The number of rotatable bonds is 3. The molecule has 0 atom stereocenters. The maximum Gasteiger partial charge on any atom is 0.131 e. The van der Waals surface area contributed by atoms with Crippen LogP contribution in [0.15, 0.2) is 12.3 Å². The average Bonchev–Trinajstić information content (AvgIpc) is 2.38. The molecule has 1 aliphatic rings. The van der Waals surface area contributed by atoms with Crippen molar-refractivity contribution in [2.75, 3.05) is 18.0 Å². The van der Waals surface area contributed by atoms with Gasteiger partial charge in [-0.2, -0.15) is 0 Å². The number of alkyl halides is 1. The quantitative estimate of drug-likeness (QED) is 0.769. The van der Waals surface area contributed by atoms with Crippen molar-refractivity contribution in [1.82, 2.24) is 4.98 Å². The van der Waals surface area contributed by atoms with E-state index in [0.717, 1.165) is 36.3 Å². The van der Waals surface area contributed by atoms with Crippen molar-refractivity contribution in [3.05, 3.63) is 23.4 Å².